The van der Waals surface area contributed by atoms with E-state index in [-0.39, 0.29) is 17.8 Å². The summed E-state index contributed by atoms with van der Waals surface area (Å²) in [5, 5.41) is 2.86. The number of amides is 1. The Balaban J connectivity index is 1.80. The Morgan fingerprint density at radius 3 is 2.63 bits per heavy atom. The van der Waals surface area contributed by atoms with Gasteiger partial charge in [0.25, 0.3) is 0 Å². The van der Waals surface area contributed by atoms with Gasteiger partial charge in [-0.2, -0.15) is 0 Å². The van der Waals surface area contributed by atoms with Crippen molar-refractivity contribution in [2.75, 3.05) is 13.1 Å². The summed E-state index contributed by atoms with van der Waals surface area (Å²) in [4.78, 5) is 15.7. The number of aryl methyl sites for hydroxylation is 1. The lowest BCUT2D eigenvalue weighted by Gasteiger charge is -2.10. The first-order valence-electron chi connectivity index (χ1n) is 9.01. The van der Waals surface area contributed by atoms with Crippen molar-refractivity contribution in [2.45, 2.75) is 18.9 Å². The summed E-state index contributed by atoms with van der Waals surface area (Å²) in [5.74, 6) is -0.0248. The lowest BCUT2D eigenvalue weighted by molar-refractivity contribution is -0.646. The van der Waals surface area contributed by atoms with Gasteiger partial charge in [0.2, 0.25) is 0 Å². The molecular weight excluding hydrogens is 345 g/mol. The number of halogens is 1. The first-order valence-corrected chi connectivity index (χ1v) is 9.01. The summed E-state index contributed by atoms with van der Waals surface area (Å²) in [6.07, 6.45) is 1.61. The summed E-state index contributed by atoms with van der Waals surface area (Å²) >= 11 is 0. The number of fused-ring (bicyclic) bond motifs is 1. The van der Waals surface area contributed by atoms with Crippen LogP contribution in [-0.2, 0) is 7.05 Å². The number of aromatic amines is 1. The molecule has 1 heterocycles. The largest absolute Gasteiger partial charge is 0.346 e. The molecule has 0 saturated heterocycles. The first kappa shape index (κ1) is 19.0. The highest BCUT2D eigenvalue weighted by molar-refractivity contribution is 5.92. The van der Waals surface area contributed by atoms with Crippen LogP contribution in [0.4, 0.5) is 4.39 Å². The highest BCUT2D eigenvalue weighted by atomic mass is 19.1. The number of nitrogens with one attached hydrogen (secondary N) is 2. The van der Waals surface area contributed by atoms with E-state index >= 15 is 0 Å². The molecule has 0 saturated carbocycles. The third-order valence-corrected chi connectivity index (χ3v) is 4.64. The van der Waals surface area contributed by atoms with Gasteiger partial charge >= 0.3 is 11.7 Å². The van der Waals surface area contributed by atoms with Gasteiger partial charge in [-0.15, -0.1) is 0 Å². The number of aromatic nitrogens is 2. The van der Waals surface area contributed by atoms with Crippen LogP contribution in [0.25, 0.3) is 22.2 Å². The van der Waals surface area contributed by atoms with Crippen molar-refractivity contribution in [1.29, 1.82) is 0 Å². The molecule has 0 aliphatic carbocycles. The fraction of sp³-hybridized carbons (Fsp3) is 0.300. The molecule has 0 bridgehead atoms. The van der Waals surface area contributed by atoms with Crippen LogP contribution in [0.2, 0.25) is 0 Å². The summed E-state index contributed by atoms with van der Waals surface area (Å²) in [6.45, 7) is 0.990. The fourth-order valence-electron chi connectivity index (χ4n) is 3.07. The minimum atomic E-state index is -0.268. The van der Waals surface area contributed by atoms with Crippen molar-refractivity contribution in [3.05, 3.63) is 54.1 Å². The van der Waals surface area contributed by atoms with Gasteiger partial charge in [-0.3, -0.25) is 4.79 Å². The predicted molar refractivity (Wildman–Crippen MR) is 103 cm³/mol. The molecule has 6 N–H and O–H groups in total. The van der Waals surface area contributed by atoms with E-state index in [4.69, 9.17) is 11.5 Å². The smallest absolute Gasteiger partial charge is 0.344 e. The van der Waals surface area contributed by atoms with E-state index in [9.17, 15) is 9.18 Å². The zero-order valence-electron chi connectivity index (χ0n) is 15.3. The van der Waals surface area contributed by atoms with Gasteiger partial charge < -0.3 is 16.8 Å². The number of benzene rings is 2. The predicted octanol–water partition coefficient (Wildman–Crippen LogP) is 1.59. The molecule has 1 aromatic heterocycles. The highest BCUT2D eigenvalue weighted by Crippen LogP contribution is 2.23. The van der Waals surface area contributed by atoms with Crippen LogP contribution < -0.4 is 21.4 Å². The van der Waals surface area contributed by atoms with Gasteiger partial charge in [-0.1, -0.05) is 12.1 Å². The molecule has 6 nitrogen and oxygen atoms in total. The first-order chi connectivity index (χ1) is 13.0. The second kappa shape index (κ2) is 8.28. The maximum atomic E-state index is 13.1. The number of imidazole rings is 1. The highest BCUT2D eigenvalue weighted by Gasteiger charge is 2.23. The average molecular weight is 370 g/mol. The maximum absolute atomic E-state index is 13.1. The van der Waals surface area contributed by atoms with E-state index in [1.807, 2.05) is 29.8 Å². The van der Waals surface area contributed by atoms with Crippen molar-refractivity contribution in [1.82, 2.24) is 10.3 Å². The van der Waals surface area contributed by atoms with Crippen LogP contribution in [0.3, 0.4) is 0 Å². The van der Waals surface area contributed by atoms with Gasteiger partial charge in [0.1, 0.15) is 5.82 Å². The Hall–Kier alpha value is -2.77. The summed E-state index contributed by atoms with van der Waals surface area (Å²) in [5.41, 5.74) is 15.1. The Kier molecular flexibility index (Phi) is 5.83. The van der Waals surface area contributed by atoms with E-state index in [1.54, 1.807) is 12.1 Å². The number of carbonyl (C=O) groups is 1. The quantitative estimate of drug-likeness (QED) is 0.475. The lowest BCUT2D eigenvalue weighted by Crippen LogP contribution is -2.43. The number of rotatable bonds is 7. The molecule has 27 heavy (non-hydrogen) atoms. The Morgan fingerprint density at radius 1 is 1.22 bits per heavy atom. The number of nitrogens with two attached hydrogens (primary N) is 2. The second-order valence-corrected chi connectivity index (χ2v) is 6.67. The van der Waals surface area contributed by atoms with E-state index in [0.29, 0.717) is 18.9 Å². The van der Waals surface area contributed by atoms with Crippen molar-refractivity contribution < 1.29 is 13.8 Å². The lowest BCUT2D eigenvalue weighted by atomic mass is 10.1. The third-order valence-electron chi connectivity index (χ3n) is 4.64. The monoisotopic (exact) mass is 370 g/mol. The van der Waals surface area contributed by atoms with Gasteiger partial charge in [0.15, 0.2) is 11.0 Å². The van der Waals surface area contributed by atoms with Crippen LogP contribution in [0, 0.1) is 5.82 Å². The fourth-order valence-corrected chi connectivity index (χ4v) is 3.07. The Morgan fingerprint density at radius 2 is 1.93 bits per heavy atom. The number of hydrogen-bond donors (Lipinski definition) is 4. The van der Waals surface area contributed by atoms with Gasteiger partial charge in [0.05, 0.1) is 7.05 Å². The summed E-state index contributed by atoms with van der Waals surface area (Å²) in [6, 6.07) is 12.1. The van der Waals surface area contributed by atoms with Crippen LogP contribution in [0.15, 0.2) is 42.5 Å². The minimum absolute atomic E-state index is 0.114. The van der Waals surface area contributed by atoms with Crippen LogP contribution in [0.1, 0.15) is 23.5 Å². The minimum Gasteiger partial charge on any atom is -0.344 e. The number of hydrogen-bond acceptors (Lipinski definition) is 3. The molecule has 0 radical (unpaired) electrons. The zero-order valence-corrected chi connectivity index (χ0v) is 15.3. The van der Waals surface area contributed by atoms with E-state index in [1.165, 1.54) is 12.1 Å². The van der Waals surface area contributed by atoms with Crippen LogP contribution >= 0.6 is 0 Å². The van der Waals surface area contributed by atoms with Crippen molar-refractivity contribution in [2.24, 2.45) is 18.5 Å². The topological polar surface area (TPSA) is 101 Å². The van der Waals surface area contributed by atoms with Crippen molar-refractivity contribution in [3.8, 4) is 11.1 Å². The molecule has 0 aliphatic heterocycles. The molecule has 3 aromatic rings. The molecule has 3 rings (SSSR count). The summed E-state index contributed by atoms with van der Waals surface area (Å²) < 4.78 is 14.9. The number of carbonyl (C=O) groups excluding carboxylic acids is 1. The summed E-state index contributed by atoms with van der Waals surface area (Å²) in [7, 11) is 1.83. The Labute approximate surface area is 157 Å². The SMILES string of the molecule is C[n+]1c(C(=O)NC[C@H](N)CCCN)[nH]c2ccc(-c3ccc(F)cc3)cc21. The van der Waals surface area contributed by atoms with Crippen molar-refractivity contribution in [3.63, 3.8) is 0 Å². The van der Waals surface area contributed by atoms with E-state index in [0.717, 1.165) is 35.0 Å². The maximum Gasteiger partial charge on any atom is 0.346 e. The average Bonchev–Trinajstić information content (AvgIpc) is 3.01. The second-order valence-electron chi connectivity index (χ2n) is 6.67. The molecule has 0 unspecified atom stereocenters. The van der Waals surface area contributed by atoms with E-state index in [2.05, 4.69) is 10.3 Å². The molecule has 0 spiro atoms. The number of H-pyrrole nitrogens is 1. The third kappa shape index (κ3) is 4.32. The molecular formula is C20H25FN5O+. The Bertz CT molecular complexity index is 935. The van der Waals surface area contributed by atoms with Gasteiger partial charge in [0, 0.05) is 12.6 Å². The molecule has 7 heteroatoms. The number of nitrogens with zero attached hydrogens (tertiary/aromatic N) is 1. The molecule has 2 aromatic carbocycles. The molecule has 142 valence electrons. The normalized spacial score (nSPS) is 12.3. The van der Waals surface area contributed by atoms with Gasteiger partial charge in [-0.25, -0.2) is 13.9 Å². The molecule has 0 fully saturated rings. The zero-order chi connectivity index (χ0) is 19.4. The van der Waals surface area contributed by atoms with Gasteiger partial charge in [-0.05, 0) is 60.8 Å². The molecule has 1 amide bonds. The van der Waals surface area contributed by atoms with Crippen LogP contribution in [0.5, 0.6) is 0 Å². The molecule has 1 atom stereocenters. The standard InChI is InChI=1S/C20H24FN5O/c1-26-18-11-14(13-4-7-15(21)8-5-13)6-9-17(18)25-19(26)20(27)24-12-16(23)3-2-10-22/h4-9,11,16H,2-3,10,12,22-23H2,1H3,(H,24,27)/p+1/t16-/m1/s1. The molecule has 0 aliphatic rings. The van der Waals surface area contributed by atoms with Crippen LogP contribution in [-0.4, -0.2) is 30.0 Å². The van der Waals surface area contributed by atoms with E-state index < -0.39 is 0 Å². The van der Waals surface area contributed by atoms with Crippen molar-refractivity contribution >= 4 is 16.9 Å².